The van der Waals surface area contributed by atoms with Crippen molar-refractivity contribution >= 4 is 35.6 Å². The largest absolute Gasteiger partial charge is 0.462 e. The third-order valence-electron chi connectivity index (χ3n) is 4.19. The number of carbonyl (C=O) groups excluding carboxylic acids is 4. The van der Waals surface area contributed by atoms with Crippen molar-refractivity contribution in [1.29, 1.82) is 0 Å². The Morgan fingerprint density at radius 1 is 0.828 bits per heavy atom. The lowest BCUT2D eigenvalue weighted by Gasteiger charge is -2.28. The van der Waals surface area contributed by atoms with Crippen molar-refractivity contribution in [3.63, 3.8) is 0 Å². The van der Waals surface area contributed by atoms with Crippen molar-refractivity contribution in [2.45, 2.75) is 83.2 Å². The van der Waals surface area contributed by atoms with Crippen LogP contribution in [0.25, 0.3) is 0 Å². The van der Waals surface area contributed by atoms with Crippen LogP contribution in [0.1, 0.15) is 53.4 Å². The van der Waals surface area contributed by atoms with Crippen molar-refractivity contribution in [3.05, 3.63) is 0 Å². The average molecular weight is 435 g/mol. The van der Waals surface area contributed by atoms with Crippen LogP contribution in [0.5, 0.6) is 0 Å². The molecule has 0 unspecified atom stereocenters. The van der Waals surface area contributed by atoms with Crippen molar-refractivity contribution in [3.8, 4) is 0 Å². The molecule has 0 spiro atoms. The molecule has 0 aromatic heterocycles. The maximum absolute atomic E-state index is 12.0. The van der Waals surface area contributed by atoms with Crippen LogP contribution < -0.4 is 0 Å². The predicted molar refractivity (Wildman–Crippen MR) is 104 cm³/mol. The molecule has 166 valence electrons. The van der Waals surface area contributed by atoms with E-state index in [1.54, 1.807) is 34.0 Å². The summed E-state index contributed by atoms with van der Waals surface area (Å²) in [5, 5.41) is 0. The summed E-state index contributed by atoms with van der Waals surface area (Å²) >= 11 is 1.27. The van der Waals surface area contributed by atoms with Crippen LogP contribution >= 0.6 is 11.8 Å². The Bertz CT molecular complexity index is 580. The standard InChI is InChI=1S/C19H30O9S/c1-6-12(20)24-10-11(25-13(21)7-2)16-17(26-14(22)8-3)18(19(28-16)29-5)27-15(23)9-4/h11,16-19H,6-10H2,1-5H3/t11-,16-,17+,18-,19+/m1/s1. The number of thioether (sulfide) groups is 1. The van der Waals surface area contributed by atoms with Crippen molar-refractivity contribution < 1.29 is 42.9 Å². The maximum Gasteiger partial charge on any atom is 0.306 e. The minimum Gasteiger partial charge on any atom is -0.462 e. The fourth-order valence-corrected chi connectivity index (χ4v) is 3.31. The zero-order chi connectivity index (χ0) is 22.0. The molecule has 1 aliphatic heterocycles. The van der Waals surface area contributed by atoms with E-state index in [4.69, 9.17) is 23.7 Å². The molecule has 1 heterocycles. The molecule has 0 aromatic rings. The number of carbonyl (C=O) groups is 4. The highest BCUT2D eigenvalue weighted by molar-refractivity contribution is 7.99. The third kappa shape index (κ3) is 7.50. The fraction of sp³-hybridized carbons (Fsp3) is 0.789. The molecule has 0 N–H and O–H groups in total. The van der Waals surface area contributed by atoms with Crippen LogP contribution in [-0.2, 0) is 42.9 Å². The lowest BCUT2D eigenvalue weighted by atomic mass is 10.1. The molecule has 10 heteroatoms. The molecule has 1 aliphatic rings. The normalized spacial score (nSPS) is 24.4. The molecule has 0 amide bonds. The van der Waals surface area contributed by atoms with Crippen molar-refractivity contribution in [1.82, 2.24) is 0 Å². The quantitative estimate of drug-likeness (QED) is 0.353. The minimum absolute atomic E-state index is 0.102. The second kappa shape index (κ2) is 12.7. The summed E-state index contributed by atoms with van der Waals surface area (Å²) in [5.41, 5.74) is -0.644. The Hall–Kier alpha value is -1.81. The van der Waals surface area contributed by atoms with Gasteiger partial charge in [0.05, 0.1) is 0 Å². The molecular formula is C19H30O9S. The van der Waals surface area contributed by atoms with E-state index in [9.17, 15) is 19.2 Å². The predicted octanol–water partition coefficient (Wildman–Crippen LogP) is 1.99. The van der Waals surface area contributed by atoms with Crippen LogP contribution in [0.4, 0.5) is 0 Å². The van der Waals surface area contributed by atoms with Crippen LogP contribution in [0.3, 0.4) is 0 Å². The Labute approximate surface area is 175 Å². The second-order valence-electron chi connectivity index (χ2n) is 6.24. The number of hydrogen-bond donors (Lipinski definition) is 0. The van der Waals surface area contributed by atoms with Gasteiger partial charge in [0.1, 0.15) is 18.1 Å². The molecule has 0 saturated carbocycles. The molecule has 5 atom stereocenters. The van der Waals surface area contributed by atoms with E-state index >= 15 is 0 Å². The first-order valence-corrected chi connectivity index (χ1v) is 11.0. The number of ether oxygens (including phenoxy) is 5. The van der Waals surface area contributed by atoms with E-state index in [2.05, 4.69) is 0 Å². The first-order chi connectivity index (χ1) is 13.8. The Balaban J connectivity index is 3.17. The highest BCUT2D eigenvalue weighted by Gasteiger charge is 2.53. The van der Waals surface area contributed by atoms with E-state index in [1.165, 1.54) is 11.8 Å². The molecular weight excluding hydrogens is 404 g/mol. The average Bonchev–Trinajstić information content (AvgIpc) is 3.06. The van der Waals surface area contributed by atoms with Gasteiger partial charge in [-0.15, -0.1) is 11.8 Å². The van der Waals surface area contributed by atoms with E-state index in [-0.39, 0.29) is 32.3 Å². The SMILES string of the molecule is CCC(=O)OC[C@@H](OC(=O)CC)[C@H]1O[C@@H](SC)[C@H](OC(=O)CC)[C@H]1OC(=O)CC. The number of esters is 4. The van der Waals surface area contributed by atoms with Gasteiger partial charge in [-0.05, 0) is 6.26 Å². The van der Waals surface area contributed by atoms with Gasteiger partial charge in [-0.1, -0.05) is 27.7 Å². The molecule has 29 heavy (non-hydrogen) atoms. The van der Waals surface area contributed by atoms with Crippen LogP contribution in [-0.4, -0.2) is 66.6 Å². The highest BCUT2D eigenvalue weighted by atomic mass is 32.2. The molecule has 0 aromatic carbocycles. The van der Waals surface area contributed by atoms with E-state index in [0.717, 1.165) is 0 Å². The van der Waals surface area contributed by atoms with E-state index in [1.807, 2.05) is 0 Å². The summed E-state index contributed by atoms with van der Waals surface area (Å²) in [5.74, 6) is -2.00. The van der Waals surface area contributed by atoms with Crippen molar-refractivity contribution in [2.24, 2.45) is 0 Å². The molecule has 1 fully saturated rings. The molecule has 1 saturated heterocycles. The Morgan fingerprint density at radius 2 is 1.34 bits per heavy atom. The van der Waals surface area contributed by atoms with Gasteiger partial charge in [-0.25, -0.2) is 0 Å². The molecule has 0 bridgehead atoms. The fourth-order valence-electron chi connectivity index (χ4n) is 2.59. The third-order valence-corrected chi connectivity index (χ3v) is 5.03. The second-order valence-corrected chi connectivity index (χ2v) is 7.18. The zero-order valence-corrected chi connectivity index (χ0v) is 18.3. The van der Waals surface area contributed by atoms with Gasteiger partial charge >= 0.3 is 23.9 Å². The summed E-state index contributed by atoms with van der Waals surface area (Å²) in [4.78, 5) is 47.4. The summed E-state index contributed by atoms with van der Waals surface area (Å²) in [6.07, 6.45) is -1.63. The van der Waals surface area contributed by atoms with Gasteiger partial charge in [0.15, 0.2) is 18.3 Å². The van der Waals surface area contributed by atoms with Gasteiger partial charge in [-0.2, -0.15) is 0 Å². The van der Waals surface area contributed by atoms with Gasteiger partial charge in [0.2, 0.25) is 0 Å². The Morgan fingerprint density at radius 3 is 1.83 bits per heavy atom. The lowest BCUT2D eigenvalue weighted by molar-refractivity contribution is -0.179. The number of rotatable bonds is 11. The van der Waals surface area contributed by atoms with Crippen LogP contribution in [0.15, 0.2) is 0 Å². The topological polar surface area (TPSA) is 114 Å². The summed E-state index contributed by atoms with van der Waals surface area (Å²) < 4.78 is 27.5. The lowest BCUT2D eigenvalue weighted by Crippen LogP contribution is -2.47. The van der Waals surface area contributed by atoms with Gasteiger partial charge in [0, 0.05) is 25.7 Å². The molecule has 0 radical (unpaired) electrons. The summed E-state index contributed by atoms with van der Waals surface area (Å²) in [6.45, 7) is 6.27. The first-order valence-electron chi connectivity index (χ1n) is 9.73. The monoisotopic (exact) mass is 434 g/mol. The van der Waals surface area contributed by atoms with Crippen molar-refractivity contribution in [2.75, 3.05) is 12.9 Å². The van der Waals surface area contributed by atoms with Gasteiger partial charge in [0.25, 0.3) is 0 Å². The molecule has 9 nitrogen and oxygen atoms in total. The summed E-state index contributed by atoms with van der Waals surface area (Å²) in [7, 11) is 0. The van der Waals surface area contributed by atoms with E-state index < -0.39 is 53.7 Å². The first kappa shape index (κ1) is 25.2. The van der Waals surface area contributed by atoms with Crippen LogP contribution in [0, 0.1) is 0 Å². The number of hydrogen-bond acceptors (Lipinski definition) is 10. The van der Waals surface area contributed by atoms with E-state index in [0.29, 0.717) is 0 Å². The van der Waals surface area contributed by atoms with Gasteiger partial charge in [-0.3, -0.25) is 19.2 Å². The minimum atomic E-state index is -1.02. The molecule has 0 aliphatic carbocycles. The highest BCUT2D eigenvalue weighted by Crippen LogP contribution is 2.35. The van der Waals surface area contributed by atoms with Crippen LogP contribution in [0.2, 0.25) is 0 Å². The van der Waals surface area contributed by atoms with Gasteiger partial charge < -0.3 is 23.7 Å². The molecule has 1 rings (SSSR count). The zero-order valence-electron chi connectivity index (χ0n) is 17.5. The smallest absolute Gasteiger partial charge is 0.306 e. The maximum atomic E-state index is 12.0. The summed E-state index contributed by atoms with van der Waals surface area (Å²) in [6, 6.07) is 0. The Kier molecular flexibility index (Phi) is 11.0.